The predicted octanol–water partition coefficient (Wildman–Crippen LogP) is 6.31. The monoisotopic (exact) mass is 491 g/mol. The maximum Gasteiger partial charge on any atom is 0.324 e. The number of nitrogens with zero attached hydrogens (tertiary/aromatic N) is 2. The van der Waals surface area contributed by atoms with Crippen molar-refractivity contribution in [3.63, 3.8) is 0 Å². The molecule has 0 aromatic heterocycles. The second kappa shape index (κ2) is 11.3. The van der Waals surface area contributed by atoms with Gasteiger partial charge < -0.3 is 15.0 Å². The van der Waals surface area contributed by atoms with Gasteiger partial charge in [-0.3, -0.25) is 9.69 Å². The average molecular weight is 492 g/mol. The number of nitrogens with one attached hydrogen (secondary N) is 1. The predicted molar refractivity (Wildman–Crippen MR) is 140 cm³/mol. The van der Waals surface area contributed by atoms with Crippen molar-refractivity contribution in [2.45, 2.75) is 32.2 Å². The molecule has 0 saturated carbocycles. The van der Waals surface area contributed by atoms with Crippen LogP contribution in [0.5, 0.6) is 5.75 Å². The van der Waals surface area contributed by atoms with Crippen molar-refractivity contribution >= 4 is 34.9 Å². The number of hydrogen-bond acceptors (Lipinski definition) is 3. The van der Waals surface area contributed by atoms with Crippen molar-refractivity contribution in [2.24, 2.45) is 0 Å². The summed E-state index contributed by atoms with van der Waals surface area (Å²) in [4.78, 5) is 30.1. The molecule has 1 N–H and O–H groups in total. The number of rotatable bonds is 8. The molecule has 1 saturated heterocycles. The van der Waals surface area contributed by atoms with Crippen molar-refractivity contribution in [1.29, 1.82) is 0 Å². The quantitative estimate of drug-likeness (QED) is 0.401. The molecule has 0 bridgehead atoms. The van der Waals surface area contributed by atoms with Crippen LogP contribution in [-0.4, -0.2) is 37.0 Å². The van der Waals surface area contributed by atoms with E-state index in [-0.39, 0.29) is 17.9 Å². The Kier molecular flexibility index (Phi) is 7.93. The highest BCUT2D eigenvalue weighted by Gasteiger charge is 2.29. The molecule has 7 heteroatoms. The number of anilines is 2. The van der Waals surface area contributed by atoms with Gasteiger partial charge in [-0.05, 0) is 54.3 Å². The largest absolute Gasteiger partial charge is 0.495 e. The van der Waals surface area contributed by atoms with Crippen LogP contribution in [0, 0.1) is 0 Å². The zero-order valence-corrected chi connectivity index (χ0v) is 20.8. The van der Waals surface area contributed by atoms with Gasteiger partial charge in [-0.1, -0.05) is 61.0 Å². The normalized spacial score (nSPS) is 14.5. The summed E-state index contributed by atoms with van der Waals surface area (Å²) in [7, 11) is 1.58. The van der Waals surface area contributed by atoms with Crippen LogP contribution in [0.1, 0.15) is 36.8 Å². The third-order valence-corrected chi connectivity index (χ3v) is 6.47. The van der Waals surface area contributed by atoms with Crippen LogP contribution < -0.4 is 15.0 Å². The molecule has 0 radical (unpaired) electrons. The van der Waals surface area contributed by atoms with E-state index < -0.39 is 0 Å². The number of carbonyl (C=O) groups excluding carboxylic acids is 2. The molecular weight excluding hydrogens is 462 g/mol. The lowest BCUT2D eigenvalue weighted by atomic mass is 9.95. The Morgan fingerprint density at radius 1 is 1.06 bits per heavy atom. The lowest BCUT2D eigenvalue weighted by Crippen LogP contribution is -2.49. The van der Waals surface area contributed by atoms with Crippen LogP contribution >= 0.6 is 11.6 Å². The number of amides is 3. The van der Waals surface area contributed by atoms with Gasteiger partial charge in [0.2, 0.25) is 5.91 Å². The second-order valence-corrected chi connectivity index (χ2v) is 9.02. The van der Waals surface area contributed by atoms with E-state index in [0.717, 1.165) is 17.5 Å². The van der Waals surface area contributed by atoms with Crippen molar-refractivity contribution in [1.82, 2.24) is 4.90 Å². The highest BCUT2D eigenvalue weighted by molar-refractivity contribution is 6.30. The minimum absolute atomic E-state index is 0.0811. The summed E-state index contributed by atoms with van der Waals surface area (Å²) in [5.74, 6) is 0.241. The molecule has 1 aliphatic rings. The fourth-order valence-electron chi connectivity index (χ4n) is 4.47. The van der Waals surface area contributed by atoms with Crippen LogP contribution in [0.4, 0.5) is 16.2 Å². The van der Waals surface area contributed by atoms with Crippen LogP contribution in [0.25, 0.3) is 0 Å². The molecule has 6 nitrogen and oxygen atoms in total. The summed E-state index contributed by atoms with van der Waals surface area (Å²) in [5.41, 5.74) is 3.22. The molecule has 3 amide bonds. The van der Waals surface area contributed by atoms with E-state index in [1.165, 1.54) is 0 Å². The number of methoxy groups -OCH3 is 1. The summed E-state index contributed by atoms with van der Waals surface area (Å²) < 4.78 is 5.57. The van der Waals surface area contributed by atoms with Gasteiger partial charge in [-0.2, -0.15) is 0 Å². The Hall–Kier alpha value is -3.51. The number of urea groups is 1. The lowest BCUT2D eigenvalue weighted by molar-refractivity contribution is -0.117. The maximum atomic E-state index is 13.4. The Morgan fingerprint density at radius 2 is 1.86 bits per heavy atom. The Labute approximate surface area is 211 Å². The fraction of sp³-hybridized carbons (Fsp3) is 0.286. The first kappa shape index (κ1) is 24.6. The van der Waals surface area contributed by atoms with E-state index in [0.29, 0.717) is 48.2 Å². The lowest BCUT2D eigenvalue weighted by Gasteiger charge is -2.36. The van der Waals surface area contributed by atoms with Gasteiger partial charge in [0.05, 0.1) is 18.7 Å². The molecule has 3 aromatic carbocycles. The van der Waals surface area contributed by atoms with E-state index >= 15 is 0 Å². The zero-order valence-electron chi connectivity index (χ0n) is 20.0. The fourth-order valence-corrected chi connectivity index (χ4v) is 4.69. The van der Waals surface area contributed by atoms with E-state index in [9.17, 15) is 9.59 Å². The standard InChI is InChI=1S/C28H30ClN3O3/c1-3-24(21-10-5-4-6-11-21)27(33)30-23-13-14-26(35-2)25(18-23)32-16-8-15-31(28(32)34)19-20-9-7-12-22(29)17-20/h4-7,9-14,17-18,24H,3,8,15-16,19H2,1-2H3,(H,30,33)/t24-/m1/s1. The highest BCUT2D eigenvalue weighted by atomic mass is 35.5. The van der Waals surface area contributed by atoms with Crippen molar-refractivity contribution in [3.05, 3.63) is 88.9 Å². The van der Waals surface area contributed by atoms with Crippen LogP contribution in [-0.2, 0) is 11.3 Å². The summed E-state index contributed by atoms with van der Waals surface area (Å²) in [5, 5.41) is 3.68. The van der Waals surface area contributed by atoms with Crippen LogP contribution in [0.15, 0.2) is 72.8 Å². The van der Waals surface area contributed by atoms with Crippen LogP contribution in [0.3, 0.4) is 0 Å². The number of hydrogen-bond donors (Lipinski definition) is 1. The van der Waals surface area contributed by atoms with Gasteiger partial charge in [0.1, 0.15) is 5.75 Å². The van der Waals surface area contributed by atoms with Crippen molar-refractivity contribution in [2.75, 3.05) is 30.4 Å². The molecule has 0 unspecified atom stereocenters. The van der Waals surface area contributed by atoms with Crippen molar-refractivity contribution < 1.29 is 14.3 Å². The molecule has 1 atom stereocenters. The molecule has 0 spiro atoms. The first-order valence-corrected chi connectivity index (χ1v) is 12.2. The Bertz CT molecular complexity index is 1190. The van der Waals surface area contributed by atoms with Gasteiger partial charge in [0, 0.05) is 30.3 Å². The zero-order chi connectivity index (χ0) is 24.8. The first-order chi connectivity index (χ1) is 17.0. The van der Waals surface area contributed by atoms with Gasteiger partial charge in [0.15, 0.2) is 0 Å². The number of ether oxygens (including phenoxy) is 1. The molecule has 1 aliphatic heterocycles. The minimum atomic E-state index is -0.258. The second-order valence-electron chi connectivity index (χ2n) is 8.59. The third kappa shape index (κ3) is 5.77. The first-order valence-electron chi connectivity index (χ1n) is 11.8. The summed E-state index contributed by atoms with van der Waals surface area (Å²) in [6.45, 7) is 3.71. The molecule has 0 aliphatic carbocycles. The molecule has 35 heavy (non-hydrogen) atoms. The highest BCUT2D eigenvalue weighted by Crippen LogP contribution is 2.34. The number of halogens is 1. The minimum Gasteiger partial charge on any atom is -0.495 e. The topological polar surface area (TPSA) is 61.9 Å². The summed E-state index contributed by atoms with van der Waals surface area (Å²) in [6, 6.07) is 22.6. The van der Waals surface area contributed by atoms with E-state index in [1.54, 1.807) is 24.1 Å². The SMILES string of the molecule is CC[C@@H](C(=O)Nc1ccc(OC)c(N2CCCN(Cc3cccc(Cl)c3)C2=O)c1)c1ccccc1. The summed E-state index contributed by atoms with van der Waals surface area (Å²) in [6.07, 6.45) is 1.50. The Morgan fingerprint density at radius 3 is 2.57 bits per heavy atom. The molecule has 182 valence electrons. The molecule has 1 fully saturated rings. The van der Waals surface area contributed by atoms with E-state index in [2.05, 4.69) is 5.32 Å². The van der Waals surface area contributed by atoms with Gasteiger partial charge in [-0.15, -0.1) is 0 Å². The van der Waals surface area contributed by atoms with Crippen LogP contribution in [0.2, 0.25) is 5.02 Å². The Balaban J connectivity index is 1.55. The average Bonchev–Trinajstić information content (AvgIpc) is 2.86. The van der Waals surface area contributed by atoms with Crippen molar-refractivity contribution in [3.8, 4) is 5.75 Å². The molecule has 1 heterocycles. The van der Waals surface area contributed by atoms with Gasteiger partial charge in [0.25, 0.3) is 0 Å². The van der Waals surface area contributed by atoms with E-state index in [1.807, 2.05) is 72.5 Å². The van der Waals surface area contributed by atoms with Gasteiger partial charge >= 0.3 is 6.03 Å². The van der Waals surface area contributed by atoms with Gasteiger partial charge in [-0.25, -0.2) is 4.79 Å². The smallest absolute Gasteiger partial charge is 0.324 e. The molecule has 3 aromatic rings. The third-order valence-electron chi connectivity index (χ3n) is 6.24. The molecule has 4 rings (SSSR count). The molecular formula is C28H30ClN3O3. The number of carbonyl (C=O) groups is 2. The summed E-state index contributed by atoms with van der Waals surface area (Å²) >= 11 is 6.13. The van der Waals surface area contributed by atoms with E-state index in [4.69, 9.17) is 16.3 Å². The number of benzene rings is 3. The maximum absolute atomic E-state index is 13.4.